The molecule has 0 spiro atoms. The minimum absolute atomic E-state index is 0.326. The summed E-state index contributed by atoms with van der Waals surface area (Å²) in [4.78, 5) is 9.06. The first-order valence-corrected chi connectivity index (χ1v) is 6.89. The third-order valence-corrected chi connectivity index (χ3v) is 3.29. The maximum Gasteiger partial charge on any atom is 0.132 e. The van der Waals surface area contributed by atoms with Crippen LogP contribution in [0.4, 0.5) is 0 Å². The van der Waals surface area contributed by atoms with Crippen LogP contribution in [0, 0.1) is 13.8 Å². The lowest BCUT2D eigenvalue weighted by Crippen LogP contribution is -2.00. The van der Waals surface area contributed by atoms with Gasteiger partial charge in [-0.05, 0) is 41.4 Å². The van der Waals surface area contributed by atoms with Crippen LogP contribution in [0.5, 0.6) is 0 Å². The Balaban J connectivity index is 2.56. The van der Waals surface area contributed by atoms with Crippen LogP contribution in [0.1, 0.15) is 36.7 Å². The lowest BCUT2D eigenvalue weighted by Gasteiger charge is -2.10. The molecular weight excluding hydrogens is 288 g/mol. The molecule has 18 heavy (non-hydrogen) atoms. The molecule has 2 rings (SSSR count). The third-order valence-electron chi connectivity index (χ3n) is 2.89. The standard InChI is InChI=1S/C15H17BrN2/c1-9(2)15-17-13(8-14(16)18-15)12-6-5-10(3)7-11(12)4/h5-9H,1-4H3. The highest BCUT2D eigenvalue weighted by Crippen LogP contribution is 2.26. The molecule has 0 saturated heterocycles. The van der Waals surface area contributed by atoms with Crippen LogP contribution in [-0.4, -0.2) is 9.97 Å². The Morgan fingerprint density at radius 1 is 1.06 bits per heavy atom. The summed E-state index contributed by atoms with van der Waals surface area (Å²) in [5, 5.41) is 0. The molecule has 0 radical (unpaired) electrons. The molecule has 0 aliphatic rings. The SMILES string of the molecule is Cc1ccc(-c2cc(Br)nc(C(C)C)n2)c(C)c1. The number of hydrogen-bond donors (Lipinski definition) is 0. The molecule has 0 saturated carbocycles. The second-order valence-corrected chi connectivity index (χ2v) is 5.72. The summed E-state index contributed by atoms with van der Waals surface area (Å²) in [6.45, 7) is 8.43. The minimum Gasteiger partial charge on any atom is -0.233 e. The molecule has 0 aliphatic carbocycles. The summed E-state index contributed by atoms with van der Waals surface area (Å²) in [5.41, 5.74) is 4.67. The van der Waals surface area contributed by atoms with Crippen LogP contribution in [0.3, 0.4) is 0 Å². The van der Waals surface area contributed by atoms with Gasteiger partial charge in [-0.25, -0.2) is 9.97 Å². The van der Waals surface area contributed by atoms with E-state index in [0.717, 1.165) is 16.1 Å². The Bertz CT molecular complexity index is 577. The molecule has 0 N–H and O–H groups in total. The van der Waals surface area contributed by atoms with Gasteiger partial charge in [-0.1, -0.05) is 37.6 Å². The van der Waals surface area contributed by atoms with Gasteiger partial charge in [0.25, 0.3) is 0 Å². The predicted molar refractivity (Wildman–Crippen MR) is 78.7 cm³/mol. The zero-order chi connectivity index (χ0) is 13.3. The van der Waals surface area contributed by atoms with Gasteiger partial charge in [0.05, 0.1) is 5.69 Å². The number of nitrogens with zero attached hydrogens (tertiary/aromatic N) is 2. The maximum atomic E-state index is 4.65. The molecule has 2 aromatic rings. The lowest BCUT2D eigenvalue weighted by atomic mass is 10.0. The number of rotatable bonds is 2. The number of halogens is 1. The number of hydrogen-bond acceptors (Lipinski definition) is 2. The first kappa shape index (κ1) is 13.2. The normalized spacial score (nSPS) is 11.0. The van der Waals surface area contributed by atoms with E-state index in [9.17, 15) is 0 Å². The fourth-order valence-electron chi connectivity index (χ4n) is 1.93. The van der Waals surface area contributed by atoms with Crippen molar-refractivity contribution < 1.29 is 0 Å². The fourth-order valence-corrected chi connectivity index (χ4v) is 2.33. The van der Waals surface area contributed by atoms with Crippen molar-refractivity contribution in [2.75, 3.05) is 0 Å². The molecule has 1 heterocycles. The molecule has 0 bridgehead atoms. The molecule has 0 aliphatic heterocycles. The van der Waals surface area contributed by atoms with E-state index < -0.39 is 0 Å². The summed E-state index contributed by atoms with van der Waals surface area (Å²) in [6, 6.07) is 8.40. The van der Waals surface area contributed by atoms with E-state index in [-0.39, 0.29) is 0 Å². The summed E-state index contributed by atoms with van der Waals surface area (Å²) in [6.07, 6.45) is 0. The van der Waals surface area contributed by atoms with Gasteiger partial charge >= 0.3 is 0 Å². The van der Waals surface area contributed by atoms with Crippen LogP contribution in [0.2, 0.25) is 0 Å². The van der Waals surface area contributed by atoms with E-state index in [2.05, 4.69) is 71.8 Å². The average molecular weight is 305 g/mol. The van der Waals surface area contributed by atoms with Crippen molar-refractivity contribution in [3.05, 3.63) is 45.8 Å². The van der Waals surface area contributed by atoms with E-state index >= 15 is 0 Å². The van der Waals surface area contributed by atoms with Crippen molar-refractivity contribution in [1.82, 2.24) is 9.97 Å². The van der Waals surface area contributed by atoms with Crippen LogP contribution < -0.4 is 0 Å². The van der Waals surface area contributed by atoms with E-state index in [1.807, 2.05) is 6.07 Å². The Morgan fingerprint density at radius 2 is 1.78 bits per heavy atom. The molecule has 1 aromatic heterocycles. The Kier molecular flexibility index (Phi) is 3.81. The van der Waals surface area contributed by atoms with Crippen molar-refractivity contribution >= 4 is 15.9 Å². The van der Waals surface area contributed by atoms with Gasteiger partial charge in [0.1, 0.15) is 10.4 Å². The molecule has 2 nitrogen and oxygen atoms in total. The minimum atomic E-state index is 0.326. The zero-order valence-electron chi connectivity index (χ0n) is 11.2. The van der Waals surface area contributed by atoms with Crippen LogP contribution in [0.15, 0.2) is 28.9 Å². The Hall–Kier alpha value is -1.22. The molecule has 0 unspecified atom stereocenters. The summed E-state index contributed by atoms with van der Waals surface area (Å²) < 4.78 is 0.844. The summed E-state index contributed by atoms with van der Waals surface area (Å²) in [7, 11) is 0. The van der Waals surface area contributed by atoms with Crippen molar-refractivity contribution in [2.45, 2.75) is 33.6 Å². The first-order chi connectivity index (χ1) is 8.47. The topological polar surface area (TPSA) is 25.8 Å². The van der Waals surface area contributed by atoms with Crippen molar-refractivity contribution in [3.8, 4) is 11.3 Å². The summed E-state index contributed by atoms with van der Waals surface area (Å²) >= 11 is 3.47. The molecule has 0 amide bonds. The van der Waals surface area contributed by atoms with Crippen molar-refractivity contribution in [2.24, 2.45) is 0 Å². The van der Waals surface area contributed by atoms with Crippen LogP contribution >= 0.6 is 15.9 Å². The van der Waals surface area contributed by atoms with Gasteiger partial charge in [-0.2, -0.15) is 0 Å². The monoisotopic (exact) mass is 304 g/mol. The van der Waals surface area contributed by atoms with Gasteiger partial charge < -0.3 is 0 Å². The zero-order valence-corrected chi connectivity index (χ0v) is 12.7. The smallest absolute Gasteiger partial charge is 0.132 e. The van der Waals surface area contributed by atoms with Gasteiger partial charge in [0.15, 0.2) is 0 Å². The van der Waals surface area contributed by atoms with Gasteiger partial charge in [0.2, 0.25) is 0 Å². The second-order valence-electron chi connectivity index (χ2n) is 4.91. The van der Waals surface area contributed by atoms with Gasteiger partial charge in [-0.3, -0.25) is 0 Å². The molecule has 0 fully saturated rings. The highest BCUT2D eigenvalue weighted by atomic mass is 79.9. The Labute approximate surface area is 117 Å². The van der Waals surface area contributed by atoms with E-state index in [4.69, 9.17) is 0 Å². The van der Waals surface area contributed by atoms with Crippen molar-refractivity contribution in [3.63, 3.8) is 0 Å². The summed E-state index contributed by atoms with van der Waals surface area (Å²) in [5.74, 6) is 1.20. The predicted octanol–water partition coefficient (Wildman–Crippen LogP) is 4.65. The van der Waals surface area contributed by atoms with Crippen LogP contribution in [0.25, 0.3) is 11.3 Å². The highest BCUT2D eigenvalue weighted by Gasteiger charge is 2.10. The van der Waals surface area contributed by atoms with E-state index in [1.165, 1.54) is 16.7 Å². The van der Waals surface area contributed by atoms with Gasteiger partial charge in [-0.15, -0.1) is 0 Å². The molecular formula is C15H17BrN2. The maximum absolute atomic E-state index is 4.65. The largest absolute Gasteiger partial charge is 0.233 e. The second kappa shape index (κ2) is 5.19. The number of aryl methyl sites for hydroxylation is 2. The first-order valence-electron chi connectivity index (χ1n) is 6.09. The number of aromatic nitrogens is 2. The quantitative estimate of drug-likeness (QED) is 0.755. The molecule has 94 valence electrons. The van der Waals surface area contributed by atoms with Crippen LogP contribution in [-0.2, 0) is 0 Å². The van der Waals surface area contributed by atoms with Crippen molar-refractivity contribution in [1.29, 1.82) is 0 Å². The third kappa shape index (κ3) is 2.78. The lowest BCUT2D eigenvalue weighted by molar-refractivity contribution is 0.771. The van der Waals surface area contributed by atoms with Gasteiger partial charge in [0, 0.05) is 11.5 Å². The fraction of sp³-hybridized carbons (Fsp3) is 0.333. The number of benzene rings is 1. The molecule has 1 aromatic carbocycles. The van der Waals surface area contributed by atoms with E-state index in [1.54, 1.807) is 0 Å². The molecule has 3 heteroatoms. The molecule has 0 atom stereocenters. The average Bonchev–Trinajstić information content (AvgIpc) is 2.27. The van der Waals surface area contributed by atoms with E-state index in [0.29, 0.717) is 5.92 Å². The highest BCUT2D eigenvalue weighted by molar-refractivity contribution is 9.10. The Morgan fingerprint density at radius 3 is 2.39 bits per heavy atom.